The van der Waals surface area contributed by atoms with Crippen molar-refractivity contribution >= 4 is 110 Å². The summed E-state index contributed by atoms with van der Waals surface area (Å²) >= 11 is 0. The number of fused-ring (bicyclic) bond motifs is 12. The molecule has 0 radical (unpaired) electrons. The Kier molecular flexibility index (Phi) is 10.1. The lowest BCUT2D eigenvalue weighted by atomic mass is 9.87. The highest BCUT2D eigenvalue weighted by Gasteiger charge is 2.30. The average Bonchev–Trinajstić information content (AvgIpc) is 3.93. The van der Waals surface area contributed by atoms with Gasteiger partial charge in [-0.3, -0.25) is 0 Å². The number of anilines is 6. The molecule has 0 amide bonds. The third kappa shape index (κ3) is 6.85. The van der Waals surface area contributed by atoms with Crippen LogP contribution >= 0.6 is 0 Å². The molecule has 4 heterocycles. The van der Waals surface area contributed by atoms with Crippen LogP contribution in [-0.4, -0.2) is 8.80 Å². The monoisotopic (exact) mass is 1000 g/mol. The van der Waals surface area contributed by atoms with Crippen LogP contribution in [-0.2, 0) is 10.8 Å². The molecule has 11 aromatic carbocycles. The molecule has 0 unspecified atom stereocenters. The fourth-order valence-corrected chi connectivity index (χ4v) is 12.9. The molecule has 0 saturated heterocycles. The molecule has 0 bridgehead atoms. The van der Waals surface area contributed by atoms with Gasteiger partial charge in [-0.2, -0.15) is 0 Å². The molecule has 4 heteroatoms. The molecule has 374 valence electrons. The standard InChI is InChI=1S/C74H58N4/c1-73(2,3)49-33-37-51(38-34-49)75(61-29-17-13-25-53(61)47-21-9-7-10-22-47)65-43-41-55-59-45-68-60(46-67(59)77-63-31-19-15-27-57(63)69(65)71(55)77)56-42-44-66(70-58-28-16-20-32-64(58)78(68)72(56)70)76(52-39-35-50(36-40-52)74(4,5)6)62-30-18-14-26-54(62)48-23-11-8-12-24-48/h7-46H,1-6H3. The van der Waals surface area contributed by atoms with Crippen LogP contribution in [0.4, 0.5) is 34.1 Å². The van der Waals surface area contributed by atoms with Crippen LogP contribution in [0.15, 0.2) is 243 Å². The smallest absolute Gasteiger partial charge is 0.0641 e. The van der Waals surface area contributed by atoms with Crippen LogP contribution in [0.25, 0.3) is 98.4 Å². The molecule has 78 heavy (non-hydrogen) atoms. The van der Waals surface area contributed by atoms with Crippen LogP contribution in [0.3, 0.4) is 0 Å². The average molecular weight is 1000 g/mol. The van der Waals surface area contributed by atoms with E-state index in [1.165, 1.54) is 110 Å². The van der Waals surface area contributed by atoms with Crippen molar-refractivity contribution in [3.63, 3.8) is 0 Å². The molecule has 15 rings (SSSR count). The van der Waals surface area contributed by atoms with Crippen molar-refractivity contribution in [2.24, 2.45) is 0 Å². The van der Waals surface area contributed by atoms with E-state index >= 15 is 0 Å². The summed E-state index contributed by atoms with van der Waals surface area (Å²) in [6.07, 6.45) is 0. The lowest BCUT2D eigenvalue weighted by Gasteiger charge is -2.29. The van der Waals surface area contributed by atoms with Crippen LogP contribution in [0.1, 0.15) is 52.7 Å². The Hall–Kier alpha value is -9.38. The molecule has 4 aromatic heterocycles. The second-order valence-electron chi connectivity index (χ2n) is 23.3. The lowest BCUT2D eigenvalue weighted by Crippen LogP contribution is -2.14. The topological polar surface area (TPSA) is 15.3 Å². The van der Waals surface area contributed by atoms with Crippen LogP contribution in [0.5, 0.6) is 0 Å². The fourth-order valence-electron chi connectivity index (χ4n) is 12.9. The maximum Gasteiger partial charge on any atom is 0.0641 e. The Morgan fingerprint density at radius 1 is 0.282 bits per heavy atom. The number of aromatic nitrogens is 2. The number of hydrogen-bond acceptors (Lipinski definition) is 2. The van der Waals surface area contributed by atoms with Gasteiger partial charge >= 0.3 is 0 Å². The minimum Gasteiger partial charge on any atom is -0.309 e. The molecule has 0 atom stereocenters. The van der Waals surface area contributed by atoms with Crippen molar-refractivity contribution in [1.82, 2.24) is 8.80 Å². The van der Waals surface area contributed by atoms with E-state index in [1.807, 2.05) is 0 Å². The van der Waals surface area contributed by atoms with Gasteiger partial charge in [0.25, 0.3) is 0 Å². The first-order valence-corrected chi connectivity index (χ1v) is 27.4. The Labute approximate surface area is 454 Å². The van der Waals surface area contributed by atoms with Gasteiger partial charge in [0.1, 0.15) is 0 Å². The SMILES string of the molecule is CC(C)(C)c1ccc(N(c2ccccc2-c2ccccc2)c2ccc3c4cc5c(cc4n4c6ccccc6c2c34)c2ccc(N(c3ccc(C(C)(C)C)cc3)c3ccccc3-c3ccccc3)c3c4ccccc4n5c23)cc1. The van der Waals surface area contributed by atoms with E-state index in [1.54, 1.807) is 0 Å². The highest BCUT2D eigenvalue weighted by Crippen LogP contribution is 2.53. The summed E-state index contributed by atoms with van der Waals surface area (Å²) in [6.45, 7) is 13.7. The number of rotatable bonds is 8. The van der Waals surface area contributed by atoms with Gasteiger partial charge in [-0.25, -0.2) is 0 Å². The number of benzene rings is 11. The highest BCUT2D eigenvalue weighted by molar-refractivity contribution is 6.32. The third-order valence-electron chi connectivity index (χ3n) is 16.7. The summed E-state index contributed by atoms with van der Waals surface area (Å²) in [5.41, 5.74) is 21.5. The normalized spacial score (nSPS) is 12.5. The quantitative estimate of drug-likeness (QED) is 0.151. The largest absolute Gasteiger partial charge is 0.309 e. The predicted octanol–water partition coefficient (Wildman–Crippen LogP) is 20.9. The van der Waals surface area contributed by atoms with Crippen molar-refractivity contribution in [2.45, 2.75) is 52.4 Å². The van der Waals surface area contributed by atoms with Gasteiger partial charge in [0.05, 0.1) is 55.8 Å². The Balaban J connectivity index is 0.999. The summed E-state index contributed by atoms with van der Waals surface area (Å²) in [5, 5.41) is 9.93. The van der Waals surface area contributed by atoms with Crippen molar-refractivity contribution in [3.8, 4) is 22.3 Å². The van der Waals surface area contributed by atoms with Gasteiger partial charge in [0.2, 0.25) is 0 Å². The highest BCUT2D eigenvalue weighted by atomic mass is 15.2. The molecular weight excluding hydrogens is 945 g/mol. The van der Waals surface area contributed by atoms with Crippen molar-refractivity contribution < 1.29 is 0 Å². The third-order valence-corrected chi connectivity index (χ3v) is 16.7. The van der Waals surface area contributed by atoms with E-state index in [0.29, 0.717) is 0 Å². The van der Waals surface area contributed by atoms with Gasteiger partial charge in [-0.15, -0.1) is 0 Å². The zero-order valence-corrected chi connectivity index (χ0v) is 44.9. The van der Waals surface area contributed by atoms with Crippen LogP contribution in [0.2, 0.25) is 0 Å². The number of nitrogens with zero attached hydrogens (tertiary/aromatic N) is 4. The molecular formula is C74H58N4. The first-order chi connectivity index (χ1) is 38.0. The minimum atomic E-state index is 0.0218. The minimum absolute atomic E-state index is 0.0218. The van der Waals surface area contributed by atoms with Crippen LogP contribution < -0.4 is 9.80 Å². The zero-order valence-electron chi connectivity index (χ0n) is 44.9. The van der Waals surface area contributed by atoms with E-state index in [2.05, 4.69) is 303 Å². The van der Waals surface area contributed by atoms with Gasteiger partial charge in [-0.05, 0) is 106 Å². The number of hydrogen-bond donors (Lipinski definition) is 0. The molecule has 0 spiro atoms. The zero-order chi connectivity index (χ0) is 52.6. The molecule has 0 aliphatic heterocycles. The van der Waals surface area contributed by atoms with E-state index in [4.69, 9.17) is 0 Å². The fraction of sp³-hybridized carbons (Fsp3) is 0.108. The summed E-state index contributed by atoms with van der Waals surface area (Å²) in [7, 11) is 0. The number of para-hydroxylation sites is 4. The molecule has 0 aliphatic carbocycles. The van der Waals surface area contributed by atoms with Crippen molar-refractivity contribution in [2.75, 3.05) is 9.80 Å². The van der Waals surface area contributed by atoms with E-state index in [0.717, 1.165) is 34.1 Å². The first-order valence-electron chi connectivity index (χ1n) is 27.4. The molecule has 0 saturated carbocycles. The summed E-state index contributed by atoms with van der Waals surface area (Å²) < 4.78 is 5.12. The predicted molar refractivity (Wildman–Crippen MR) is 333 cm³/mol. The summed E-state index contributed by atoms with van der Waals surface area (Å²) in [4.78, 5) is 5.01. The molecule has 0 fully saturated rings. The molecule has 0 N–H and O–H groups in total. The van der Waals surface area contributed by atoms with Crippen molar-refractivity contribution in [1.29, 1.82) is 0 Å². The van der Waals surface area contributed by atoms with Crippen LogP contribution in [0, 0.1) is 0 Å². The Morgan fingerprint density at radius 3 is 1.04 bits per heavy atom. The van der Waals surface area contributed by atoms with Gasteiger partial charge < -0.3 is 18.6 Å². The molecule has 0 aliphatic rings. The van der Waals surface area contributed by atoms with E-state index in [9.17, 15) is 0 Å². The van der Waals surface area contributed by atoms with E-state index in [-0.39, 0.29) is 10.8 Å². The van der Waals surface area contributed by atoms with Gasteiger partial charge in [0.15, 0.2) is 0 Å². The Morgan fingerprint density at radius 2 is 0.641 bits per heavy atom. The lowest BCUT2D eigenvalue weighted by molar-refractivity contribution is 0.590. The second kappa shape index (κ2) is 17.1. The maximum absolute atomic E-state index is 2.56. The first kappa shape index (κ1) is 46.0. The van der Waals surface area contributed by atoms with Gasteiger partial charge in [-0.1, -0.05) is 211 Å². The summed E-state index contributed by atoms with van der Waals surface area (Å²) in [6, 6.07) is 90.5. The molecule has 15 aromatic rings. The van der Waals surface area contributed by atoms with Crippen molar-refractivity contribution in [3.05, 3.63) is 254 Å². The molecule has 4 nitrogen and oxygen atoms in total. The second-order valence-corrected chi connectivity index (χ2v) is 23.3. The Bertz CT molecular complexity index is 4470. The maximum atomic E-state index is 2.56. The van der Waals surface area contributed by atoms with Gasteiger partial charge in [0, 0.05) is 65.6 Å². The summed E-state index contributed by atoms with van der Waals surface area (Å²) in [5.74, 6) is 0. The van der Waals surface area contributed by atoms with E-state index < -0.39 is 0 Å².